The first-order valence-electron chi connectivity index (χ1n) is 6.45. The largest absolute Gasteiger partial charge is 0.436 e. The van der Waals surface area contributed by atoms with E-state index in [0.29, 0.717) is 5.90 Å². The molecule has 0 bridgehead atoms. The minimum atomic E-state index is 0.407. The molecule has 0 saturated carbocycles. The zero-order valence-electron chi connectivity index (χ0n) is 12.2. The summed E-state index contributed by atoms with van der Waals surface area (Å²) in [6.45, 7) is 6.04. The lowest BCUT2D eigenvalue weighted by atomic mass is 10.1. The fourth-order valence-electron chi connectivity index (χ4n) is 1.83. The molecule has 1 radical (unpaired) electrons. The van der Waals surface area contributed by atoms with Crippen molar-refractivity contribution < 1.29 is 9.57 Å². The van der Waals surface area contributed by atoms with Gasteiger partial charge in [-0.1, -0.05) is 29.8 Å². The second-order valence-corrected chi connectivity index (χ2v) is 4.73. The van der Waals surface area contributed by atoms with Crippen LogP contribution in [0.15, 0.2) is 41.6 Å². The van der Waals surface area contributed by atoms with Crippen LogP contribution in [0.3, 0.4) is 0 Å². The van der Waals surface area contributed by atoms with E-state index in [1.54, 1.807) is 0 Å². The molecule has 0 unspecified atom stereocenters. The number of benzene rings is 2. The molecule has 0 atom stereocenters. The van der Waals surface area contributed by atoms with Crippen LogP contribution in [-0.2, 0) is 4.84 Å². The van der Waals surface area contributed by atoms with Crippen LogP contribution in [0.5, 0.6) is 5.75 Å². The summed E-state index contributed by atoms with van der Waals surface area (Å²) in [6.07, 6.45) is 0. The van der Waals surface area contributed by atoms with E-state index in [-0.39, 0.29) is 0 Å². The molecule has 20 heavy (non-hydrogen) atoms. The Balaban J connectivity index is 2.36. The Hall–Kier alpha value is -2.29. The van der Waals surface area contributed by atoms with Gasteiger partial charge in [0.25, 0.3) is 5.90 Å². The maximum atomic E-state index is 5.90. The van der Waals surface area contributed by atoms with Gasteiger partial charge in [-0.25, -0.2) is 0 Å². The second-order valence-electron chi connectivity index (χ2n) is 4.73. The van der Waals surface area contributed by atoms with E-state index >= 15 is 0 Å². The van der Waals surface area contributed by atoms with Gasteiger partial charge >= 0.3 is 0 Å². The Labute approximate surface area is 119 Å². The molecule has 0 heterocycles. The SMILES string of the molecule is CO/N=C(/Oc1cc(C)ccc1C)c1[c]ccc(C)c1. The third-order valence-electron chi connectivity index (χ3n) is 2.91. The van der Waals surface area contributed by atoms with Gasteiger partial charge in [0.2, 0.25) is 0 Å². The first kappa shape index (κ1) is 14.1. The number of oxime groups is 1. The van der Waals surface area contributed by atoms with Gasteiger partial charge in [0.1, 0.15) is 12.9 Å². The average Bonchev–Trinajstić information content (AvgIpc) is 2.42. The van der Waals surface area contributed by atoms with Crippen LogP contribution in [0.1, 0.15) is 22.3 Å². The topological polar surface area (TPSA) is 30.8 Å². The van der Waals surface area contributed by atoms with E-state index in [9.17, 15) is 0 Å². The van der Waals surface area contributed by atoms with E-state index < -0.39 is 0 Å². The normalized spacial score (nSPS) is 11.3. The van der Waals surface area contributed by atoms with Crippen LogP contribution in [0.4, 0.5) is 0 Å². The quantitative estimate of drug-likeness (QED) is 0.481. The van der Waals surface area contributed by atoms with Gasteiger partial charge < -0.3 is 9.57 Å². The Morgan fingerprint density at radius 3 is 2.50 bits per heavy atom. The maximum Gasteiger partial charge on any atom is 0.263 e. The second kappa shape index (κ2) is 6.24. The molecule has 3 heteroatoms. The predicted octanol–water partition coefficient (Wildman–Crippen LogP) is 3.80. The fourth-order valence-corrected chi connectivity index (χ4v) is 1.83. The van der Waals surface area contributed by atoms with Crippen molar-refractivity contribution in [3.05, 3.63) is 64.7 Å². The third kappa shape index (κ3) is 3.38. The summed E-state index contributed by atoms with van der Waals surface area (Å²) in [5.41, 5.74) is 4.07. The molecule has 2 rings (SSSR count). The molecule has 0 fully saturated rings. The summed E-state index contributed by atoms with van der Waals surface area (Å²) >= 11 is 0. The molecule has 0 aliphatic heterocycles. The fraction of sp³-hybridized carbons (Fsp3) is 0.235. The maximum absolute atomic E-state index is 5.90. The zero-order chi connectivity index (χ0) is 14.5. The zero-order valence-corrected chi connectivity index (χ0v) is 12.2. The van der Waals surface area contributed by atoms with Crippen molar-refractivity contribution >= 4 is 5.90 Å². The highest BCUT2D eigenvalue weighted by Gasteiger charge is 2.10. The minimum Gasteiger partial charge on any atom is -0.436 e. The molecule has 103 valence electrons. The predicted molar refractivity (Wildman–Crippen MR) is 80.1 cm³/mol. The molecular weight excluding hydrogens is 250 g/mol. The monoisotopic (exact) mass is 268 g/mol. The van der Waals surface area contributed by atoms with Gasteiger partial charge in [0.05, 0.1) is 0 Å². The van der Waals surface area contributed by atoms with Gasteiger partial charge in [-0.05, 0) is 55.3 Å². The highest BCUT2D eigenvalue weighted by Crippen LogP contribution is 2.21. The Kier molecular flexibility index (Phi) is 4.41. The number of rotatable bonds is 3. The molecule has 0 amide bonds. The molecule has 0 spiro atoms. The molecule has 2 aromatic carbocycles. The lowest BCUT2D eigenvalue weighted by Crippen LogP contribution is -2.12. The van der Waals surface area contributed by atoms with E-state index in [1.807, 2.05) is 57.2 Å². The van der Waals surface area contributed by atoms with Gasteiger partial charge in [0, 0.05) is 5.56 Å². The standard InChI is InChI=1S/C17H18NO2/c1-12-6-5-7-15(10-12)17(18-19-4)20-16-11-13(2)8-9-14(16)3/h5-6,8-11H,1-4H3/b18-17+. The van der Waals surface area contributed by atoms with Crippen molar-refractivity contribution in [3.63, 3.8) is 0 Å². The Morgan fingerprint density at radius 1 is 1.05 bits per heavy atom. The molecule has 3 nitrogen and oxygen atoms in total. The van der Waals surface area contributed by atoms with Crippen molar-refractivity contribution in [2.24, 2.45) is 5.16 Å². The average molecular weight is 268 g/mol. The van der Waals surface area contributed by atoms with Gasteiger partial charge in [-0.2, -0.15) is 0 Å². The van der Waals surface area contributed by atoms with E-state index in [1.165, 1.54) is 7.11 Å². The van der Waals surface area contributed by atoms with Crippen molar-refractivity contribution in [2.45, 2.75) is 20.8 Å². The lowest BCUT2D eigenvalue weighted by Gasteiger charge is -2.11. The van der Waals surface area contributed by atoms with Crippen LogP contribution in [0.2, 0.25) is 0 Å². The minimum absolute atomic E-state index is 0.407. The summed E-state index contributed by atoms with van der Waals surface area (Å²) < 4.78 is 5.90. The van der Waals surface area contributed by atoms with Crippen LogP contribution in [0.25, 0.3) is 0 Å². The summed E-state index contributed by atoms with van der Waals surface area (Å²) in [5, 5.41) is 3.96. The molecule has 0 saturated heterocycles. The third-order valence-corrected chi connectivity index (χ3v) is 2.91. The highest BCUT2D eigenvalue weighted by molar-refractivity contribution is 5.95. The number of ether oxygens (including phenoxy) is 1. The summed E-state index contributed by atoms with van der Waals surface area (Å²) in [4.78, 5) is 4.88. The highest BCUT2D eigenvalue weighted by atomic mass is 16.6. The van der Waals surface area contributed by atoms with Crippen molar-refractivity contribution in [1.82, 2.24) is 0 Å². The Bertz CT molecular complexity index is 633. The van der Waals surface area contributed by atoms with Crippen LogP contribution < -0.4 is 4.74 Å². The van der Waals surface area contributed by atoms with Gasteiger partial charge in [0.15, 0.2) is 0 Å². The molecule has 0 aromatic heterocycles. The first-order valence-corrected chi connectivity index (χ1v) is 6.45. The number of aryl methyl sites for hydroxylation is 3. The number of nitrogens with zero attached hydrogens (tertiary/aromatic N) is 1. The van der Waals surface area contributed by atoms with Crippen molar-refractivity contribution in [2.75, 3.05) is 7.11 Å². The smallest absolute Gasteiger partial charge is 0.263 e. The van der Waals surface area contributed by atoms with E-state index in [2.05, 4.69) is 11.2 Å². The molecule has 2 aromatic rings. The molecule has 0 aliphatic carbocycles. The van der Waals surface area contributed by atoms with Crippen LogP contribution in [0, 0.1) is 26.8 Å². The number of hydrogen-bond acceptors (Lipinski definition) is 3. The van der Waals surface area contributed by atoms with Crippen molar-refractivity contribution in [1.29, 1.82) is 0 Å². The summed E-state index contributed by atoms with van der Waals surface area (Å²) in [5.74, 6) is 1.18. The molecule has 0 N–H and O–H groups in total. The molecular formula is C17H18NO2. The van der Waals surface area contributed by atoms with Crippen LogP contribution in [-0.4, -0.2) is 13.0 Å². The number of hydrogen-bond donors (Lipinski definition) is 0. The Morgan fingerprint density at radius 2 is 1.80 bits per heavy atom. The first-order chi connectivity index (χ1) is 9.60. The van der Waals surface area contributed by atoms with Gasteiger partial charge in [-0.15, -0.1) is 0 Å². The van der Waals surface area contributed by atoms with Crippen LogP contribution >= 0.6 is 0 Å². The van der Waals surface area contributed by atoms with E-state index in [0.717, 1.165) is 28.0 Å². The summed E-state index contributed by atoms with van der Waals surface area (Å²) in [7, 11) is 1.50. The summed E-state index contributed by atoms with van der Waals surface area (Å²) in [6, 6.07) is 15.0. The van der Waals surface area contributed by atoms with E-state index in [4.69, 9.17) is 9.57 Å². The molecule has 0 aliphatic rings. The van der Waals surface area contributed by atoms with Gasteiger partial charge in [-0.3, -0.25) is 0 Å². The van der Waals surface area contributed by atoms with Crippen molar-refractivity contribution in [3.8, 4) is 5.75 Å². The lowest BCUT2D eigenvalue weighted by molar-refractivity contribution is 0.206.